The first-order valence-corrected chi connectivity index (χ1v) is 17.7. The zero-order chi connectivity index (χ0) is 28.1. The second kappa shape index (κ2) is 12.8. The van der Waals surface area contributed by atoms with Crippen LogP contribution in [0.4, 0.5) is 7.77 Å². The van der Waals surface area contributed by atoms with Gasteiger partial charge in [0.2, 0.25) is 0 Å². The van der Waals surface area contributed by atoms with Gasteiger partial charge in [0, 0.05) is 22.3 Å². The van der Waals surface area contributed by atoms with Crippen molar-refractivity contribution >= 4 is 64.3 Å². The lowest BCUT2D eigenvalue weighted by molar-refractivity contribution is 0.414. The second-order valence-electron chi connectivity index (χ2n) is 8.92. The Morgan fingerprint density at radius 3 is 1.11 bits per heavy atom. The van der Waals surface area contributed by atoms with Crippen LogP contribution in [-0.2, 0) is 65.8 Å². The maximum Gasteiger partial charge on any atom is 0.255 e. The van der Waals surface area contributed by atoms with Crippen molar-refractivity contribution in [2.75, 3.05) is 12.5 Å². The smallest absolute Gasteiger partial charge is 0.255 e. The Bertz CT molecular complexity index is 1490. The molecule has 0 fully saturated rings. The minimum Gasteiger partial charge on any atom is -0.722 e. The van der Waals surface area contributed by atoms with Crippen molar-refractivity contribution in [3.8, 4) is 0 Å². The van der Waals surface area contributed by atoms with Gasteiger partial charge in [-0.15, -0.1) is 7.77 Å². The van der Waals surface area contributed by atoms with Crippen LogP contribution < -0.4 is 0 Å². The number of benzene rings is 4. The van der Waals surface area contributed by atoms with Crippen LogP contribution in [0.3, 0.4) is 0 Å². The highest BCUT2D eigenvalue weighted by molar-refractivity contribution is 7.95. The first kappa shape index (κ1) is 30.3. The van der Waals surface area contributed by atoms with Gasteiger partial charge in [0.1, 0.15) is 23.0 Å². The molecule has 4 aromatic rings. The van der Waals surface area contributed by atoms with Crippen molar-refractivity contribution in [3.05, 3.63) is 95.1 Å². The minimum absolute atomic E-state index is 0.347. The SMILES string of the molecule is C[S+]1Cc2ccc(cc2)C[S+](C)Cc2ccc3ccc4ccc(cc4c3c2)C1.O=S(=O)([O-])F.O=S(=O)([O-])F. The Labute approximate surface area is 227 Å². The summed E-state index contributed by atoms with van der Waals surface area (Å²) in [5, 5.41) is 5.55. The largest absolute Gasteiger partial charge is 0.722 e. The third kappa shape index (κ3) is 10.5. The Morgan fingerprint density at radius 2 is 0.789 bits per heavy atom. The summed E-state index contributed by atoms with van der Waals surface area (Å²) in [5.41, 5.74) is 5.89. The highest BCUT2D eigenvalue weighted by Gasteiger charge is 2.18. The van der Waals surface area contributed by atoms with Crippen LogP contribution in [0.25, 0.3) is 21.5 Å². The molecular weight excluding hydrogens is 575 g/mol. The Balaban J connectivity index is 0.000000344. The zero-order valence-electron chi connectivity index (χ0n) is 20.6. The fraction of sp³-hybridized carbons (Fsp3) is 0.231. The molecule has 0 saturated heterocycles. The summed E-state index contributed by atoms with van der Waals surface area (Å²) in [6.07, 6.45) is 4.82. The van der Waals surface area contributed by atoms with Crippen molar-refractivity contribution in [1.29, 1.82) is 0 Å². The van der Waals surface area contributed by atoms with E-state index >= 15 is 0 Å². The zero-order valence-corrected chi connectivity index (χ0v) is 23.9. The van der Waals surface area contributed by atoms with Crippen LogP contribution in [0.15, 0.2) is 72.8 Å². The summed E-state index contributed by atoms with van der Waals surface area (Å²) >= 11 is 0. The predicted molar refractivity (Wildman–Crippen MR) is 151 cm³/mol. The van der Waals surface area contributed by atoms with Crippen molar-refractivity contribution in [3.63, 3.8) is 0 Å². The molecular formula is C26H26F2O6S4. The van der Waals surface area contributed by atoms with Crippen molar-refractivity contribution in [2.24, 2.45) is 0 Å². The Morgan fingerprint density at radius 1 is 0.553 bits per heavy atom. The maximum atomic E-state index is 10.1. The fourth-order valence-corrected chi connectivity index (χ4v) is 7.52. The number of halogens is 2. The Hall–Kier alpha value is -2.22. The second-order valence-corrected chi connectivity index (χ2v) is 14.8. The van der Waals surface area contributed by atoms with Gasteiger partial charge >= 0.3 is 0 Å². The molecule has 6 bridgehead atoms. The van der Waals surface area contributed by atoms with E-state index in [-0.39, 0.29) is 0 Å². The van der Waals surface area contributed by atoms with Gasteiger partial charge in [-0.1, -0.05) is 60.7 Å². The molecule has 6 rings (SSSR count). The lowest BCUT2D eigenvalue weighted by Crippen LogP contribution is -2.08. The molecule has 0 spiro atoms. The molecule has 12 heteroatoms. The van der Waals surface area contributed by atoms with E-state index in [1.54, 1.807) is 0 Å². The van der Waals surface area contributed by atoms with Gasteiger partial charge in [-0.25, -0.2) is 16.8 Å². The molecule has 0 saturated carbocycles. The van der Waals surface area contributed by atoms with Gasteiger partial charge in [-0.2, -0.15) is 0 Å². The fourth-order valence-electron chi connectivity index (χ4n) is 4.30. The molecule has 6 nitrogen and oxygen atoms in total. The van der Waals surface area contributed by atoms with Crippen LogP contribution >= 0.6 is 0 Å². The van der Waals surface area contributed by atoms with Gasteiger partial charge in [0.25, 0.3) is 21.0 Å². The normalized spacial score (nSPS) is 17.7. The average molecular weight is 601 g/mol. The summed E-state index contributed by atoms with van der Waals surface area (Å²) in [4.78, 5) is 0. The number of hydrogen-bond acceptors (Lipinski definition) is 6. The highest BCUT2D eigenvalue weighted by Crippen LogP contribution is 2.29. The average Bonchev–Trinajstić information content (AvgIpc) is 2.77. The summed E-state index contributed by atoms with van der Waals surface area (Å²) < 4.78 is 70.7. The molecule has 2 heterocycles. The summed E-state index contributed by atoms with van der Waals surface area (Å²) in [6, 6.07) is 28.2. The first-order chi connectivity index (χ1) is 17.6. The van der Waals surface area contributed by atoms with E-state index in [2.05, 4.69) is 85.3 Å². The standard InChI is InChI=1S/C26H26S2.2FHO3S/c1-27-15-19-3-5-20(6-4-19)16-28(2)18-22-8-10-24-12-11-23-9-7-21(17-27)13-25(23)26(24)14-22;2*1-5(2,3)4/h3-14H,15-18H2,1-2H3;2*(H,2,3,4)/q+2;;/p-2. The topological polar surface area (TPSA) is 114 Å². The molecule has 38 heavy (non-hydrogen) atoms. The molecule has 0 aromatic heterocycles. The van der Waals surface area contributed by atoms with Gasteiger partial charge in [-0.3, -0.25) is 0 Å². The molecule has 2 aliphatic rings. The summed E-state index contributed by atoms with van der Waals surface area (Å²) in [6.45, 7) is 0. The van der Waals surface area contributed by atoms with Crippen LogP contribution in [0.5, 0.6) is 0 Å². The molecule has 0 N–H and O–H groups in total. The van der Waals surface area contributed by atoms with Gasteiger partial charge in [0.05, 0.1) is 12.5 Å². The van der Waals surface area contributed by atoms with Crippen molar-refractivity contribution < 1.29 is 33.7 Å². The predicted octanol–water partition coefficient (Wildman–Crippen LogP) is 5.04. The summed E-state index contributed by atoms with van der Waals surface area (Å²) in [7, 11) is -10.1. The minimum atomic E-state index is -5.42. The molecule has 2 unspecified atom stereocenters. The lowest BCUT2D eigenvalue weighted by Gasteiger charge is -2.11. The van der Waals surface area contributed by atoms with Crippen LogP contribution in [0, 0.1) is 0 Å². The van der Waals surface area contributed by atoms with Gasteiger partial charge in [0.15, 0.2) is 0 Å². The Kier molecular flexibility index (Phi) is 10.2. The molecule has 204 valence electrons. The van der Waals surface area contributed by atoms with E-state index < -0.39 is 21.0 Å². The van der Waals surface area contributed by atoms with Gasteiger partial charge < -0.3 is 9.11 Å². The monoisotopic (exact) mass is 600 g/mol. The van der Waals surface area contributed by atoms with E-state index in [1.165, 1.54) is 55.3 Å². The van der Waals surface area contributed by atoms with Crippen LogP contribution in [-0.4, -0.2) is 38.5 Å². The maximum absolute atomic E-state index is 10.1. The molecule has 2 aliphatic heterocycles. The number of fused-ring (bicyclic) bond motifs is 6. The molecule has 0 amide bonds. The summed E-state index contributed by atoms with van der Waals surface area (Å²) in [5.74, 6) is 4.67. The van der Waals surface area contributed by atoms with Crippen LogP contribution in [0.1, 0.15) is 22.3 Å². The quantitative estimate of drug-likeness (QED) is 0.121. The van der Waals surface area contributed by atoms with E-state index in [0.29, 0.717) is 21.8 Å². The van der Waals surface area contributed by atoms with Crippen molar-refractivity contribution in [2.45, 2.75) is 23.0 Å². The highest BCUT2D eigenvalue weighted by atomic mass is 32.3. The first-order valence-electron chi connectivity index (χ1n) is 11.2. The number of rotatable bonds is 0. The molecule has 0 aliphatic carbocycles. The molecule has 4 aromatic carbocycles. The third-order valence-electron chi connectivity index (χ3n) is 5.64. The van der Waals surface area contributed by atoms with Crippen LogP contribution in [0.2, 0.25) is 0 Å². The molecule has 0 radical (unpaired) electrons. The van der Waals surface area contributed by atoms with Gasteiger partial charge in [-0.05, 0) is 55.5 Å². The number of hydrogen-bond donors (Lipinski definition) is 0. The van der Waals surface area contributed by atoms with E-state index in [0.717, 1.165) is 11.5 Å². The van der Waals surface area contributed by atoms with E-state index in [4.69, 9.17) is 25.9 Å². The molecule has 2 atom stereocenters. The van der Waals surface area contributed by atoms with Crippen molar-refractivity contribution in [1.82, 2.24) is 0 Å². The third-order valence-corrected chi connectivity index (χ3v) is 8.95. The lowest BCUT2D eigenvalue weighted by atomic mass is 9.99. The van der Waals surface area contributed by atoms with E-state index in [9.17, 15) is 7.77 Å². The van der Waals surface area contributed by atoms with E-state index in [1.807, 2.05) is 0 Å².